The lowest BCUT2D eigenvalue weighted by molar-refractivity contribution is 0.390. The third kappa shape index (κ3) is 3.33. The molecule has 19 heavy (non-hydrogen) atoms. The molecule has 1 aromatic heterocycles. The normalized spacial score (nSPS) is 12.4. The first kappa shape index (κ1) is 14.0. The van der Waals surface area contributed by atoms with Crippen LogP contribution in [0, 0.1) is 5.82 Å². The minimum absolute atomic E-state index is 0.0734. The highest BCUT2D eigenvalue weighted by molar-refractivity contribution is 7.07. The van der Waals surface area contributed by atoms with Gasteiger partial charge in [-0.15, -0.1) is 0 Å². The maximum Gasteiger partial charge on any atom is 0.131 e. The molecule has 0 aliphatic rings. The van der Waals surface area contributed by atoms with Gasteiger partial charge in [0.1, 0.15) is 11.6 Å². The maximum atomic E-state index is 14.1. The number of methoxy groups -OCH3 is 1. The molecular weight excluding hydrogens is 261 g/mol. The van der Waals surface area contributed by atoms with E-state index in [1.807, 2.05) is 12.3 Å². The van der Waals surface area contributed by atoms with Gasteiger partial charge in [0, 0.05) is 11.6 Å². The fourth-order valence-corrected chi connectivity index (χ4v) is 2.88. The minimum Gasteiger partial charge on any atom is -0.496 e. The van der Waals surface area contributed by atoms with E-state index < -0.39 is 0 Å². The average Bonchev–Trinajstić information content (AvgIpc) is 2.91. The molecule has 2 nitrogen and oxygen atoms in total. The number of benzene rings is 1. The first-order chi connectivity index (χ1) is 9.26. The van der Waals surface area contributed by atoms with Crippen LogP contribution in [0.4, 0.5) is 4.39 Å². The number of nitrogens with one attached hydrogen (secondary N) is 1. The van der Waals surface area contributed by atoms with Crippen LogP contribution in [0.3, 0.4) is 0 Å². The highest BCUT2D eigenvalue weighted by Gasteiger charge is 2.20. The van der Waals surface area contributed by atoms with Crippen molar-refractivity contribution in [1.29, 1.82) is 0 Å². The van der Waals surface area contributed by atoms with Gasteiger partial charge in [-0.05, 0) is 47.5 Å². The Hall–Kier alpha value is -1.39. The summed E-state index contributed by atoms with van der Waals surface area (Å²) in [5.41, 5.74) is 1.82. The Morgan fingerprint density at radius 3 is 2.84 bits per heavy atom. The van der Waals surface area contributed by atoms with Gasteiger partial charge in [0.15, 0.2) is 0 Å². The summed E-state index contributed by atoms with van der Waals surface area (Å²) in [5, 5.41) is 7.47. The summed E-state index contributed by atoms with van der Waals surface area (Å²) < 4.78 is 19.4. The Bertz CT molecular complexity index is 513. The van der Waals surface area contributed by atoms with Gasteiger partial charge in [-0.3, -0.25) is 0 Å². The third-order valence-corrected chi connectivity index (χ3v) is 3.78. The molecule has 0 aliphatic carbocycles. The van der Waals surface area contributed by atoms with E-state index in [-0.39, 0.29) is 11.9 Å². The van der Waals surface area contributed by atoms with Crippen molar-refractivity contribution in [2.24, 2.45) is 0 Å². The van der Waals surface area contributed by atoms with Crippen LogP contribution in [-0.4, -0.2) is 13.7 Å². The molecule has 1 atom stereocenters. The molecule has 2 aromatic rings. The van der Waals surface area contributed by atoms with Crippen LogP contribution in [0.25, 0.3) is 0 Å². The van der Waals surface area contributed by atoms with Crippen molar-refractivity contribution in [3.05, 3.63) is 52.0 Å². The maximum absolute atomic E-state index is 14.1. The Morgan fingerprint density at radius 2 is 2.21 bits per heavy atom. The molecule has 0 radical (unpaired) electrons. The molecular formula is C15H18FNOS. The van der Waals surface area contributed by atoms with E-state index in [1.165, 1.54) is 11.6 Å². The standard InChI is InChI=1S/C15H18FNOS/c1-3-17-13(9-11-7-8-19-10-11)15-12(16)5-4-6-14(15)18-2/h4-8,10,13,17H,3,9H2,1-2H3. The van der Waals surface area contributed by atoms with Crippen LogP contribution in [-0.2, 0) is 6.42 Å². The van der Waals surface area contributed by atoms with Crippen LogP contribution in [0.1, 0.15) is 24.1 Å². The van der Waals surface area contributed by atoms with Gasteiger partial charge >= 0.3 is 0 Å². The lowest BCUT2D eigenvalue weighted by atomic mass is 9.99. The summed E-state index contributed by atoms with van der Waals surface area (Å²) in [5.74, 6) is 0.377. The fraction of sp³-hybridized carbons (Fsp3) is 0.333. The number of ether oxygens (including phenoxy) is 1. The van der Waals surface area contributed by atoms with Gasteiger partial charge in [-0.2, -0.15) is 11.3 Å². The lowest BCUT2D eigenvalue weighted by Gasteiger charge is -2.21. The van der Waals surface area contributed by atoms with Crippen molar-refractivity contribution in [1.82, 2.24) is 5.32 Å². The van der Waals surface area contributed by atoms with Crippen LogP contribution in [0.15, 0.2) is 35.0 Å². The summed E-state index contributed by atoms with van der Waals surface area (Å²) in [6.07, 6.45) is 0.759. The Kier molecular flexibility index (Phi) is 4.93. The number of halogens is 1. The van der Waals surface area contributed by atoms with E-state index in [0.29, 0.717) is 11.3 Å². The number of likely N-dealkylation sites (N-methyl/N-ethyl adjacent to an activating group) is 1. The van der Waals surface area contributed by atoms with Crippen LogP contribution < -0.4 is 10.1 Å². The zero-order valence-electron chi connectivity index (χ0n) is 11.2. The highest BCUT2D eigenvalue weighted by Crippen LogP contribution is 2.30. The van der Waals surface area contributed by atoms with Crippen molar-refractivity contribution < 1.29 is 9.13 Å². The zero-order valence-corrected chi connectivity index (χ0v) is 12.0. The molecule has 1 unspecified atom stereocenters. The van der Waals surface area contributed by atoms with Gasteiger partial charge in [0.2, 0.25) is 0 Å². The molecule has 102 valence electrons. The second-order valence-electron chi connectivity index (χ2n) is 4.30. The summed E-state index contributed by atoms with van der Waals surface area (Å²) in [7, 11) is 1.58. The van der Waals surface area contributed by atoms with Gasteiger partial charge in [-0.1, -0.05) is 13.0 Å². The number of rotatable bonds is 6. The van der Waals surface area contributed by atoms with E-state index >= 15 is 0 Å². The predicted octanol–water partition coefficient (Wildman–Crippen LogP) is 3.79. The van der Waals surface area contributed by atoms with Gasteiger partial charge in [0.05, 0.1) is 7.11 Å². The quantitative estimate of drug-likeness (QED) is 0.868. The minimum atomic E-state index is -0.222. The monoisotopic (exact) mass is 279 g/mol. The molecule has 1 heterocycles. The summed E-state index contributed by atoms with van der Waals surface area (Å²) in [4.78, 5) is 0. The molecule has 1 aromatic carbocycles. The number of thiophene rings is 1. The van der Waals surface area contributed by atoms with Gasteiger partial charge in [0.25, 0.3) is 0 Å². The van der Waals surface area contributed by atoms with E-state index in [4.69, 9.17) is 4.74 Å². The Morgan fingerprint density at radius 1 is 1.37 bits per heavy atom. The molecule has 4 heteroatoms. The van der Waals surface area contributed by atoms with E-state index in [2.05, 4.69) is 16.8 Å². The van der Waals surface area contributed by atoms with Crippen molar-refractivity contribution in [3.63, 3.8) is 0 Å². The fourth-order valence-electron chi connectivity index (χ4n) is 2.20. The topological polar surface area (TPSA) is 21.3 Å². The Labute approximate surface area is 117 Å². The van der Waals surface area contributed by atoms with Crippen molar-refractivity contribution in [3.8, 4) is 5.75 Å². The van der Waals surface area contributed by atoms with E-state index in [9.17, 15) is 4.39 Å². The molecule has 0 spiro atoms. The first-order valence-electron chi connectivity index (χ1n) is 6.33. The average molecular weight is 279 g/mol. The van der Waals surface area contributed by atoms with Gasteiger partial charge in [-0.25, -0.2) is 4.39 Å². The molecule has 1 N–H and O–H groups in total. The summed E-state index contributed by atoms with van der Waals surface area (Å²) >= 11 is 1.66. The largest absolute Gasteiger partial charge is 0.496 e. The van der Waals surface area contributed by atoms with Gasteiger partial charge < -0.3 is 10.1 Å². The zero-order chi connectivity index (χ0) is 13.7. The second-order valence-corrected chi connectivity index (χ2v) is 5.08. The molecule has 2 rings (SSSR count). The molecule has 0 aliphatic heterocycles. The lowest BCUT2D eigenvalue weighted by Crippen LogP contribution is -2.24. The van der Waals surface area contributed by atoms with Crippen LogP contribution in [0.2, 0.25) is 0 Å². The van der Waals surface area contributed by atoms with Crippen LogP contribution in [0.5, 0.6) is 5.75 Å². The smallest absolute Gasteiger partial charge is 0.131 e. The molecule has 0 fully saturated rings. The molecule has 0 bridgehead atoms. The van der Waals surface area contributed by atoms with Crippen molar-refractivity contribution in [2.45, 2.75) is 19.4 Å². The van der Waals surface area contributed by atoms with E-state index in [0.717, 1.165) is 13.0 Å². The van der Waals surface area contributed by atoms with Crippen LogP contribution >= 0.6 is 11.3 Å². The highest BCUT2D eigenvalue weighted by atomic mass is 32.1. The summed E-state index contributed by atoms with van der Waals surface area (Å²) in [6.45, 7) is 2.81. The van der Waals surface area contributed by atoms with Crippen molar-refractivity contribution in [2.75, 3.05) is 13.7 Å². The second kappa shape index (κ2) is 6.68. The third-order valence-electron chi connectivity index (χ3n) is 3.05. The molecule has 0 saturated carbocycles. The first-order valence-corrected chi connectivity index (χ1v) is 7.27. The Balaban J connectivity index is 2.33. The summed E-state index contributed by atoms with van der Waals surface area (Å²) in [6, 6.07) is 6.95. The molecule has 0 amide bonds. The molecule has 0 saturated heterocycles. The predicted molar refractivity (Wildman–Crippen MR) is 77.4 cm³/mol. The number of hydrogen-bond donors (Lipinski definition) is 1. The van der Waals surface area contributed by atoms with E-state index in [1.54, 1.807) is 30.6 Å². The van der Waals surface area contributed by atoms with Crippen molar-refractivity contribution >= 4 is 11.3 Å². The number of hydrogen-bond acceptors (Lipinski definition) is 3. The SMILES string of the molecule is CCNC(Cc1ccsc1)c1c(F)cccc1OC.